The summed E-state index contributed by atoms with van der Waals surface area (Å²) < 4.78 is 0. The number of para-hydroxylation sites is 2. The molecule has 2 aromatic carbocycles. The van der Waals surface area contributed by atoms with Gasteiger partial charge in [0.1, 0.15) is 0 Å². The minimum Gasteiger partial charge on any atom is -0.330 e. The van der Waals surface area contributed by atoms with E-state index in [2.05, 4.69) is 34.2 Å². The van der Waals surface area contributed by atoms with Crippen molar-refractivity contribution in [3.63, 3.8) is 0 Å². The minimum absolute atomic E-state index is 0. The number of hydrogen-bond acceptors (Lipinski definition) is 3. The Bertz CT molecular complexity index is 695. The normalized spacial score (nSPS) is 10.2. The number of nitrogens with two attached hydrogens (primary N) is 1. The lowest BCUT2D eigenvalue weighted by molar-refractivity contribution is 0.969. The van der Waals surface area contributed by atoms with Gasteiger partial charge in [0.15, 0.2) is 0 Å². The van der Waals surface area contributed by atoms with E-state index in [-0.39, 0.29) is 12.4 Å². The van der Waals surface area contributed by atoms with Crippen LogP contribution < -0.4 is 5.73 Å². The monoisotopic (exact) mass is 285 g/mol. The van der Waals surface area contributed by atoms with E-state index >= 15 is 0 Å². The fraction of sp³-hybridized carbons (Fsp3) is 0.125. The summed E-state index contributed by atoms with van der Waals surface area (Å²) in [6.07, 6.45) is 2.73. The topological polar surface area (TPSA) is 51.8 Å². The molecule has 0 aliphatic rings. The molecule has 0 amide bonds. The summed E-state index contributed by atoms with van der Waals surface area (Å²) in [6.45, 7) is 0.676. The van der Waals surface area contributed by atoms with E-state index in [1.807, 2.05) is 30.5 Å². The maximum Gasteiger partial charge on any atom is 0.0894 e. The average Bonchev–Trinajstić information content (AvgIpc) is 2.48. The summed E-state index contributed by atoms with van der Waals surface area (Å²) in [5.41, 5.74) is 10.6. The highest BCUT2D eigenvalue weighted by molar-refractivity contribution is 5.85. The Kier molecular flexibility index (Phi) is 4.66. The number of rotatable bonds is 3. The number of halogens is 1. The Morgan fingerprint density at radius 3 is 2.30 bits per heavy atom. The summed E-state index contributed by atoms with van der Waals surface area (Å²) in [5, 5.41) is 0. The predicted molar refractivity (Wildman–Crippen MR) is 85.0 cm³/mol. The van der Waals surface area contributed by atoms with Gasteiger partial charge in [0, 0.05) is 5.56 Å². The molecule has 0 fully saturated rings. The van der Waals surface area contributed by atoms with Crippen LogP contribution in [-0.4, -0.2) is 16.5 Å². The number of hydrogen-bond donors (Lipinski definition) is 1. The highest BCUT2D eigenvalue weighted by Gasteiger charge is 2.02. The van der Waals surface area contributed by atoms with Gasteiger partial charge in [-0.2, -0.15) is 0 Å². The van der Waals surface area contributed by atoms with Crippen molar-refractivity contribution >= 4 is 23.4 Å². The molecule has 20 heavy (non-hydrogen) atoms. The Morgan fingerprint density at radius 1 is 0.900 bits per heavy atom. The molecule has 102 valence electrons. The highest BCUT2D eigenvalue weighted by atomic mass is 35.5. The molecule has 1 aromatic heterocycles. The van der Waals surface area contributed by atoms with Gasteiger partial charge >= 0.3 is 0 Å². The smallest absolute Gasteiger partial charge is 0.0894 e. The number of fused-ring (bicyclic) bond motifs is 1. The molecule has 0 radical (unpaired) electrons. The van der Waals surface area contributed by atoms with Crippen molar-refractivity contribution < 1.29 is 0 Å². The second-order valence-corrected chi connectivity index (χ2v) is 4.48. The quantitative estimate of drug-likeness (QED) is 0.804. The van der Waals surface area contributed by atoms with Crippen molar-refractivity contribution in [2.75, 3.05) is 6.54 Å². The van der Waals surface area contributed by atoms with Gasteiger partial charge in [0.2, 0.25) is 0 Å². The third-order valence-electron chi connectivity index (χ3n) is 3.13. The molecular formula is C16H16ClN3. The van der Waals surface area contributed by atoms with E-state index in [1.165, 1.54) is 5.56 Å². The molecule has 1 heterocycles. The number of aromatic nitrogens is 2. The maximum absolute atomic E-state index is 5.55. The van der Waals surface area contributed by atoms with Crippen LogP contribution in [0.2, 0.25) is 0 Å². The third kappa shape index (κ3) is 2.95. The van der Waals surface area contributed by atoms with Crippen LogP contribution in [-0.2, 0) is 6.42 Å². The SMILES string of the molecule is Cl.NCCc1ccc(-c2cnc3ccccc3n2)cc1. The third-order valence-corrected chi connectivity index (χ3v) is 3.13. The van der Waals surface area contributed by atoms with Crippen LogP contribution in [0.5, 0.6) is 0 Å². The van der Waals surface area contributed by atoms with Gasteiger partial charge in [0.25, 0.3) is 0 Å². The molecule has 2 N–H and O–H groups in total. The zero-order valence-electron chi connectivity index (χ0n) is 11.0. The first-order valence-corrected chi connectivity index (χ1v) is 6.38. The standard InChI is InChI=1S/C16H15N3.ClH/c17-10-9-12-5-7-13(8-6-12)16-11-18-14-3-1-2-4-15(14)19-16;/h1-8,11H,9-10,17H2;1H. The lowest BCUT2D eigenvalue weighted by atomic mass is 10.1. The second-order valence-electron chi connectivity index (χ2n) is 4.48. The number of benzene rings is 2. The fourth-order valence-corrected chi connectivity index (χ4v) is 2.11. The van der Waals surface area contributed by atoms with Crippen LogP contribution in [0, 0.1) is 0 Å². The minimum atomic E-state index is 0. The first-order valence-electron chi connectivity index (χ1n) is 6.38. The van der Waals surface area contributed by atoms with Gasteiger partial charge in [-0.3, -0.25) is 4.98 Å². The van der Waals surface area contributed by atoms with Crippen molar-refractivity contribution in [1.29, 1.82) is 0 Å². The molecule has 0 atom stereocenters. The van der Waals surface area contributed by atoms with E-state index in [1.54, 1.807) is 0 Å². The van der Waals surface area contributed by atoms with E-state index in [4.69, 9.17) is 5.73 Å². The summed E-state index contributed by atoms with van der Waals surface area (Å²) in [5.74, 6) is 0. The van der Waals surface area contributed by atoms with Crippen molar-refractivity contribution in [3.8, 4) is 11.3 Å². The van der Waals surface area contributed by atoms with Crippen molar-refractivity contribution in [2.24, 2.45) is 5.73 Å². The van der Waals surface area contributed by atoms with E-state index in [0.29, 0.717) is 6.54 Å². The molecule has 0 unspecified atom stereocenters. The summed E-state index contributed by atoms with van der Waals surface area (Å²) in [7, 11) is 0. The van der Waals surface area contributed by atoms with Crippen LogP contribution in [0.1, 0.15) is 5.56 Å². The first kappa shape index (κ1) is 14.4. The van der Waals surface area contributed by atoms with Gasteiger partial charge in [0.05, 0.1) is 22.9 Å². The molecule has 0 spiro atoms. The zero-order chi connectivity index (χ0) is 13.1. The van der Waals surface area contributed by atoms with Crippen molar-refractivity contribution in [1.82, 2.24) is 9.97 Å². The van der Waals surface area contributed by atoms with Gasteiger partial charge in [-0.1, -0.05) is 36.4 Å². The molecule has 3 aromatic rings. The molecule has 0 aliphatic heterocycles. The van der Waals surface area contributed by atoms with Gasteiger partial charge in [-0.15, -0.1) is 12.4 Å². The van der Waals surface area contributed by atoms with Crippen LogP contribution in [0.15, 0.2) is 54.7 Å². The molecule has 3 nitrogen and oxygen atoms in total. The van der Waals surface area contributed by atoms with Gasteiger partial charge < -0.3 is 5.73 Å². The predicted octanol–water partition coefficient (Wildman–Crippen LogP) is 3.22. The highest BCUT2D eigenvalue weighted by Crippen LogP contribution is 2.19. The van der Waals surface area contributed by atoms with Crippen LogP contribution in [0.4, 0.5) is 0 Å². The maximum atomic E-state index is 5.55. The molecule has 0 saturated heterocycles. The second kappa shape index (κ2) is 6.46. The number of nitrogens with zero attached hydrogens (tertiary/aromatic N) is 2. The summed E-state index contributed by atoms with van der Waals surface area (Å²) in [6, 6.07) is 16.2. The fourth-order valence-electron chi connectivity index (χ4n) is 2.11. The Balaban J connectivity index is 0.00000147. The van der Waals surface area contributed by atoms with Crippen molar-refractivity contribution in [3.05, 3.63) is 60.3 Å². The first-order chi connectivity index (χ1) is 9.36. The van der Waals surface area contributed by atoms with Crippen LogP contribution in [0.3, 0.4) is 0 Å². The van der Waals surface area contributed by atoms with E-state index in [0.717, 1.165) is 28.7 Å². The van der Waals surface area contributed by atoms with Crippen LogP contribution in [0.25, 0.3) is 22.3 Å². The van der Waals surface area contributed by atoms with Gasteiger partial charge in [-0.25, -0.2) is 4.98 Å². The summed E-state index contributed by atoms with van der Waals surface area (Å²) >= 11 is 0. The molecule has 0 bridgehead atoms. The van der Waals surface area contributed by atoms with E-state index in [9.17, 15) is 0 Å². The largest absolute Gasteiger partial charge is 0.330 e. The van der Waals surface area contributed by atoms with Gasteiger partial charge in [-0.05, 0) is 30.7 Å². The van der Waals surface area contributed by atoms with Crippen molar-refractivity contribution in [2.45, 2.75) is 6.42 Å². The molecule has 3 rings (SSSR count). The summed E-state index contributed by atoms with van der Waals surface area (Å²) in [4.78, 5) is 9.07. The molecule has 0 aliphatic carbocycles. The Morgan fingerprint density at radius 2 is 1.60 bits per heavy atom. The lowest BCUT2D eigenvalue weighted by Gasteiger charge is -2.04. The average molecular weight is 286 g/mol. The zero-order valence-corrected chi connectivity index (χ0v) is 11.8. The van der Waals surface area contributed by atoms with E-state index < -0.39 is 0 Å². The van der Waals surface area contributed by atoms with Crippen LogP contribution >= 0.6 is 12.4 Å². The molecular weight excluding hydrogens is 270 g/mol. The Hall–Kier alpha value is -1.97. The molecule has 4 heteroatoms. The lowest BCUT2D eigenvalue weighted by Crippen LogP contribution is -2.02. The Labute approximate surface area is 124 Å². The molecule has 0 saturated carbocycles.